The molecular formula is C29H26N4O9S2. The summed E-state index contributed by atoms with van der Waals surface area (Å²) in [6.45, 7) is -0.495. The van der Waals surface area contributed by atoms with Crippen molar-refractivity contribution in [2.24, 2.45) is 0 Å². The van der Waals surface area contributed by atoms with Crippen LogP contribution < -0.4 is 14.8 Å². The van der Waals surface area contributed by atoms with Gasteiger partial charge in [-0.1, -0.05) is 6.07 Å². The summed E-state index contributed by atoms with van der Waals surface area (Å²) < 4.78 is 43.5. The van der Waals surface area contributed by atoms with Crippen molar-refractivity contribution in [1.82, 2.24) is 19.5 Å². The van der Waals surface area contributed by atoms with E-state index in [4.69, 9.17) is 13.9 Å². The van der Waals surface area contributed by atoms with Gasteiger partial charge in [0.2, 0.25) is 5.91 Å². The number of likely N-dealkylation sites (tertiary alicyclic amines) is 1. The highest BCUT2D eigenvalue weighted by Gasteiger charge is 2.55. The monoisotopic (exact) mass is 638 g/mol. The summed E-state index contributed by atoms with van der Waals surface area (Å²) in [5, 5.41) is 3.88. The third-order valence-corrected chi connectivity index (χ3v) is 10.2. The summed E-state index contributed by atoms with van der Waals surface area (Å²) in [4.78, 5) is 58.8. The molecule has 2 saturated heterocycles. The third-order valence-electron chi connectivity index (χ3n) is 7.57. The SMILES string of the molecule is COc1ccc2oc(OC(=O)NC(Cc3cccs3)C(=O)N3CCC4C3C(=O)CN4S(=O)(=O)C(=O)c3cccnc3)cc2c1. The first-order valence-electron chi connectivity index (χ1n) is 13.5. The summed E-state index contributed by atoms with van der Waals surface area (Å²) in [5.41, 5.74) is 0.334. The number of carbonyl (C=O) groups excluding carboxylic acids is 4. The number of nitrogens with one attached hydrogen (secondary N) is 1. The highest BCUT2D eigenvalue weighted by molar-refractivity contribution is 8.04. The molecule has 2 aliphatic heterocycles. The zero-order valence-corrected chi connectivity index (χ0v) is 24.9. The zero-order valence-electron chi connectivity index (χ0n) is 23.2. The van der Waals surface area contributed by atoms with Gasteiger partial charge >= 0.3 is 6.09 Å². The van der Waals surface area contributed by atoms with Gasteiger partial charge in [0.15, 0.2) is 5.78 Å². The second-order valence-electron chi connectivity index (χ2n) is 10.2. The molecule has 3 atom stereocenters. The van der Waals surface area contributed by atoms with Crippen LogP contribution in [0.25, 0.3) is 11.0 Å². The van der Waals surface area contributed by atoms with Gasteiger partial charge in [0, 0.05) is 41.7 Å². The van der Waals surface area contributed by atoms with Crippen molar-refractivity contribution < 1.29 is 41.5 Å². The Bertz CT molecular complexity index is 1840. The van der Waals surface area contributed by atoms with Crippen LogP contribution in [0.1, 0.15) is 21.7 Å². The summed E-state index contributed by atoms with van der Waals surface area (Å²) in [6.07, 6.45) is 1.84. The smallest absolute Gasteiger partial charge is 0.415 e. The number of fused-ring (bicyclic) bond motifs is 2. The lowest BCUT2D eigenvalue weighted by molar-refractivity contribution is -0.138. The Kier molecular flexibility index (Phi) is 7.92. The molecule has 15 heteroatoms. The van der Waals surface area contributed by atoms with Gasteiger partial charge in [-0.15, -0.1) is 11.3 Å². The number of ketones is 1. The van der Waals surface area contributed by atoms with Crippen LogP contribution in [0, 0.1) is 0 Å². The molecule has 2 amide bonds. The second-order valence-corrected chi connectivity index (χ2v) is 13.0. The third kappa shape index (κ3) is 5.56. The Morgan fingerprint density at radius 2 is 2.02 bits per heavy atom. The quantitative estimate of drug-likeness (QED) is 0.303. The molecule has 0 bridgehead atoms. The average Bonchev–Trinajstić information content (AvgIpc) is 3.82. The van der Waals surface area contributed by atoms with Gasteiger partial charge in [-0.25, -0.2) is 13.2 Å². The van der Waals surface area contributed by atoms with Crippen LogP contribution in [-0.4, -0.2) is 83.8 Å². The van der Waals surface area contributed by atoms with Gasteiger partial charge in [0.25, 0.3) is 21.1 Å². The number of benzene rings is 1. The Morgan fingerprint density at radius 3 is 2.75 bits per heavy atom. The largest absolute Gasteiger partial charge is 0.497 e. The number of carbonyl (C=O) groups is 4. The molecule has 44 heavy (non-hydrogen) atoms. The number of hydrogen-bond acceptors (Lipinski definition) is 11. The van der Waals surface area contributed by atoms with E-state index < -0.39 is 57.6 Å². The van der Waals surface area contributed by atoms with E-state index in [1.54, 1.807) is 30.3 Å². The molecule has 0 spiro atoms. The van der Waals surface area contributed by atoms with Crippen molar-refractivity contribution >= 4 is 55.2 Å². The minimum atomic E-state index is -4.57. The van der Waals surface area contributed by atoms with E-state index in [0.29, 0.717) is 16.7 Å². The first kappa shape index (κ1) is 29.5. The Labute approximate surface area is 255 Å². The van der Waals surface area contributed by atoms with Crippen molar-refractivity contribution in [2.45, 2.75) is 31.0 Å². The predicted molar refractivity (Wildman–Crippen MR) is 157 cm³/mol. The topological polar surface area (TPSA) is 165 Å². The number of ether oxygens (including phenoxy) is 2. The molecule has 1 N–H and O–H groups in total. The lowest BCUT2D eigenvalue weighted by atomic mass is 10.1. The molecule has 2 aliphatic rings. The van der Waals surface area contributed by atoms with E-state index >= 15 is 0 Å². The number of thiophene rings is 1. The molecule has 5 heterocycles. The van der Waals surface area contributed by atoms with Crippen molar-refractivity contribution in [3.63, 3.8) is 0 Å². The summed E-state index contributed by atoms with van der Waals surface area (Å²) in [5.74, 6) is -0.601. The molecule has 1 aromatic carbocycles. The van der Waals surface area contributed by atoms with E-state index in [2.05, 4.69) is 10.3 Å². The number of aromatic nitrogens is 1. The lowest BCUT2D eigenvalue weighted by Gasteiger charge is -2.27. The van der Waals surface area contributed by atoms with Crippen LogP contribution >= 0.6 is 11.3 Å². The highest BCUT2D eigenvalue weighted by Crippen LogP contribution is 2.34. The number of pyridine rings is 1. The van der Waals surface area contributed by atoms with Gasteiger partial charge in [-0.3, -0.25) is 19.4 Å². The van der Waals surface area contributed by atoms with Crippen LogP contribution in [-0.2, 0) is 26.0 Å². The normalized spacial score (nSPS) is 19.1. The number of Topliss-reactive ketones (excluding diaryl/α,β-unsaturated/α-hetero) is 1. The number of nitrogens with zero attached hydrogens (tertiary/aromatic N) is 3. The molecule has 3 aromatic heterocycles. The maximum atomic E-state index is 13.9. The van der Waals surface area contributed by atoms with Crippen LogP contribution in [0.15, 0.2) is 70.7 Å². The molecule has 13 nitrogen and oxygen atoms in total. The van der Waals surface area contributed by atoms with E-state index in [9.17, 15) is 27.6 Å². The second kappa shape index (κ2) is 11.8. The van der Waals surface area contributed by atoms with Crippen molar-refractivity contribution in [3.8, 4) is 11.7 Å². The van der Waals surface area contributed by atoms with Gasteiger partial charge < -0.3 is 24.1 Å². The maximum absolute atomic E-state index is 13.9. The number of sulfonamides is 1. The summed E-state index contributed by atoms with van der Waals surface area (Å²) in [6, 6.07) is 9.79. The molecule has 0 saturated carbocycles. The first-order valence-corrected chi connectivity index (χ1v) is 15.9. The molecule has 2 fully saturated rings. The first-order chi connectivity index (χ1) is 21.2. The minimum absolute atomic E-state index is 0.0517. The number of furan rings is 1. The fraction of sp³-hybridized carbons (Fsp3) is 0.276. The number of hydrogen-bond donors (Lipinski definition) is 1. The Hall–Kier alpha value is -4.60. The predicted octanol–water partition coefficient (Wildman–Crippen LogP) is 2.62. The van der Waals surface area contributed by atoms with E-state index in [0.717, 1.165) is 15.4 Å². The highest BCUT2D eigenvalue weighted by atomic mass is 32.2. The van der Waals surface area contributed by atoms with Crippen LogP contribution in [0.3, 0.4) is 0 Å². The molecule has 4 aromatic rings. The van der Waals surface area contributed by atoms with E-state index in [1.807, 2.05) is 5.38 Å². The van der Waals surface area contributed by atoms with Gasteiger partial charge in [0.1, 0.15) is 23.4 Å². The zero-order chi connectivity index (χ0) is 31.0. The van der Waals surface area contributed by atoms with Crippen molar-refractivity contribution in [3.05, 3.63) is 76.7 Å². The van der Waals surface area contributed by atoms with Crippen LogP contribution in [0.4, 0.5) is 4.79 Å². The standard InChI is InChI=1S/C29H26N4O9S2/c1-40-19-6-7-24-18(12-19)13-25(41-24)42-29(37)31-21(14-20-5-3-11-43-20)27(35)32-10-8-22-26(32)23(34)16-33(22)44(38,39)28(36)17-4-2-9-30-15-17/h2-7,9,11-13,15,21-22,26H,8,10,14,16H2,1H3,(H,31,37). The minimum Gasteiger partial charge on any atom is -0.497 e. The van der Waals surface area contributed by atoms with Gasteiger partial charge in [0.05, 0.1) is 25.3 Å². The molecule has 3 unspecified atom stereocenters. The summed E-state index contributed by atoms with van der Waals surface area (Å²) in [7, 11) is -3.04. The van der Waals surface area contributed by atoms with Crippen molar-refractivity contribution in [1.29, 1.82) is 0 Å². The number of rotatable bonds is 8. The maximum Gasteiger partial charge on any atom is 0.415 e. The Balaban J connectivity index is 1.20. The van der Waals surface area contributed by atoms with E-state index in [1.165, 1.54) is 47.7 Å². The number of amides is 2. The van der Waals surface area contributed by atoms with Gasteiger partial charge in [-0.2, -0.15) is 4.31 Å². The molecular weight excluding hydrogens is 612 g/mol. The number of methoxy groups -OCH3 is 1. The Morgan fingerprint density at radius 1 is 1.18 bits per heavy atom. The van der Waals surface area contributed by atoms with Crippen LogP contribution in [0.2, 0.25) is 0 Å². The van der Waals surface area contributed by atoms with Crippen molar-refractivity contribution in [2.75, 3.05) is 20.2 Å². The summed E-state index contributed by atoms with van der Waals surface area (Å²) >= 11 is 1.38. The fourth-order valence-electron chi connectivity index (χ4n) is 5.55. The van der Waals surface area contributed by atoms with Crippen LogP contribution in [0.5, 0.6) is 11.7 Å². The molecule has 0 radical (unpaired) electrons. The van der Waals surface area contributed by atoms with Gasteiger partial charge in [-0.05, 0) is 48.2 Å². The molecule has 228 valence electrons. The lowest BCUT2D eigenvalue weighted by Crippen LogP contribution is -2.53. The fourth-order valence-corrected chi connectivity index (χ4v) is 7.81. The average molecular weight is 639 g/mol. The molecule has 6 rings (SSSR count). The molecule has 0 aliphatic carbocycles. The van der Waals surface area contributed by atoms with E-state index in [-0.39, 0.29) is 30.9 Å².